The van der Waals surface area contributed by atoms with Gasteiger partial charge in [0.1, 0.15) is 5.52 Å². The van der Waals surface area contributed by atoms with Gasteiger partial charge < -0.3 is 4.57 Å². The molecule has 2 aromatic heterocycles. The van der Waals surface area contributed by atoms with Gasteiger partial charge in [0.05, 0.1) is 21.6 Å². The van der Waals surface area contributed by atoms with Gasteiger partial charge in [0.2, 0.25) is 0 Å². The van der Waals surface area contributed by atoms with Crippen molar-refractivity contribution in [3.63, 3.8) is 0 Å². The van der Waals surface area contributed by atoms with Crippen molar-refractivity contribution in [1.29, 1.82) is 0 Å². The zero-order valence-electron chi connectivity index (χ0n) is 16.0. The number of hydrogen-bond acceptors (Lipinski definition) is 4. The van der Waals surface area contributed by atoms with Crippen LogP contribution >= 0.6 is 22.9 Å². The molecule has 2 heterocycles. The molecule has 160 valence electrons. The Labute approximate surface area is 184 Å². The lowest BCUT2D eigenvalue weighted by Crippen LogP contribution is -2.32. The van der Waals surface area contributed by atoms with Crippen molar-refractivity contribution < 1.29 is 18.0 Å². The summed E-state index contributed by atoms with van der Waals surface area (Å²) in [5.41, 5.74) is -0.368. The van der Waals surface area contributed by atoms with Crippen LogP contribution in [0.2, 0.25) is 5.02 Å². The number of alkyl halides is 3. The highest BCUT2D eigenvalue weighted by Gasteiger charge is 2.31. The van der Waals surface area contributed by atoms with Crippen LogP contribution < -0.4 is 4.90 Å². The van der Waals surface area contributed by atoms with E-state index in [4.69, 9.17) is 11.6 Å². The number of thiazole rings is 1. The predicted molar refractivity (Wildman–Crippen MR) is 115 cm³/mol. The highest BCUT2D eigenvalue weighted by atomic mass is 35.5. The maximum atomic E-state index is 13.3. The van der Waals surface area contributed by atoms with Gasteiger partial charge in [0.15, 0.2) is 5.13 Å². The Kier molecular flexibility index (Phi) is 5.97. The Morgan fingerprint density at radius 1 is 1.19 bits per heavy atom. The Hall–Kier alpha value is -2.91. The average molecular weight is 465 g/mol. The number of carbonyl (C=O) groups is 1. The van der Waals surface area contributed by atoms with Crippen molar-refractivity contribution in [1.82, 2.24) is 14.5 Å². The summed E-state index contributed by atoms with van der Waals surface area (Å²) >= 11 is 7.49. The molecule has 31 heavy (non-hydrogen) atoms. The van der Waals surface area contributed by atoms with Gasteiger partial charge in [-0.05, 0) is 36.8 Å². The first-order valence-corrected chi connectivity index (χ1v) is 10.5. The first kappa shape index (κ1) is 21.3. The zero-order valence-corrected chi connectivity index (χ0v) is 17.6. The van der Waals surface area contributed by atoms with Gasteiger partial charge in [-0.2, -0.15) is 13.2 Å². The molecule has 1 amide bonds. The number of anilines is 1. The molecule has 5 nitrogen and oxygen atoms in total. The topological polar surface area (TPSA) is 51.0 Å². The smallest absolute Gasteiger partial charge is 0.337 e. The Balaban J connectivity index is 1.67. The van der Waals surface area contributed by atoms with Crippen LogP contribution in [0.5, 0.6) is 0 Å². The van der Waals surface area contributed by atoms with E-state index < -0.39 is 17.6 Å². The highest BCUT2D eigenvalue weighted by Crippen LogP contribution is 2.34. The number of carbonyl (C=O) groups excluding carboxylic acids is 1. The number of aryl methyl sites for hydroxylation is 1. The molecule has 0 atom stereocenters. The van der Waals surface area contributed by atoms with E-state index in [2.05, 4.69) is 9.97 Å². The van der Waals surface area contributed by atoms with Crippen LogP contribution in [0.15, 0.2) is 61.2 Å². The van der Waals surface area contributed by atoms with E-state index in [1.165, 1.54) is 28.4 Å². The van der Waals surface area contributed by atoms with Crippen molar-refractivity contribution in [2.24, 2.45) is 0 Å². The molecule has 0 aliphatic rings. The summed E-state index contributed by atoms with van der Waals surface area (Å²) in [5, 5.41) is 0.834. The number of halogens is 4. The lowest BCUT2D eigenvalue weighted by Gasteiger charge is -2.20. The van der Waals surface area contributed by atoms with E-state index in [1.54, 1.807) is 30.9 Å². The fourth-order valence-electron chi connectivity index (χ4n) is 3.12. The molecule has 2 aromatic carbocycles. The average Bonchev–Trinajstić information content (AvgIpc) is 3.41. The van der Waals surface area contributed by atoms with Crippen molar-refractivity contribution in [2.75, 3.05) is 11.4 Å². The lowest BCUT2D eigenvalue weighted by molar-refractivity contribution is -0.137. The lowest BCUT2D eigenvalue weighted by atomic mass is 10.1. The molecule has 0 unspecified atom stereocenters. The van der Waals surface area contributed by atoms with E-state index in [9.17, 15) is 18.0 Å². The fourth-order valence-corrected chi connectivity index (χ4v) is 4.41. The standard InChI is InChI=1S/C21H16ClF3N4OS/c22-16-6-2-7-17-18(16)27-20(31-17)29(10-3-9-28-11-8-26-13-28)19(30)14-4-1-5-15(12-14)21(23,24)25/h1-2,4-8,11-13H,3,9-10H2. The summed E-state index contributed by atoms with van der Waals surface area (Å²) in [7, 11) is 0. The third kappa shape index (κ3) is 4.72. The van der Waals surface area contributed by atoms with Crippen molar-refractivity contribution in [3.8, 4) is 0 Å². The van der Waals surface area contributed by atoms with Gasteiger partial charge in [-0.1, -0.05) is 35.1 Å². The second-order valence-electron chi connectivity index (χ2n) is 6.77. The van der Waals surface area contributed by atoms with E-state index in [0.717, 1.165) is 16.8 Å². The molecule has 0 spiro atoms. The van der Waals surface area contributed by atoms with Crippen molar-refractivity contribution in [3.05, 3.63) is 77.3 Å². The largest absolute Gasteiger partial charge is 0.416 e. The van der Waals surface area contributed by atoms with Crippen LogP contribution in [0.1, 0.15) is 22.3 Å². The molecule has 4 aromatic rings. The summed E-state index contributed by atoms with van der Waals surface area (Å²) in [6, 6.07) is 9.73. The maximum absolute atomic E-state index is 13.3. The number of para-hydroxylation sites is 1. The molecule has 0 radical (unpaired) electrons. The van der Waals surface area contributed by atoms with Gasteiger partial charge in [0.25, 0.3) is 5.91 Å². The molecule has 0 N–H and O–H groups in total. The summed E-state index contributed by atoms with van der Waals surface area (Å²) < 4.78 is 42.1. The summed E-state index contributed by atoms with van der Waals surface area (Å²) in [6.07, 6.45) is 1.14. The monoisotopic (exact) mass is 464 g/mol. The van der Waals surface area contributed by atoms with Gasteiger partial charge >= 0.3 is 6.18 Å². The highest BCUT2D eigenvalue weighted by molar-refractivity contribution is 7.22. The van der Waals surface area contributed by atoms with Gasteiger partial charge in [-0.25, -0.2) is 9.97 Å². The van der Waals surface area contributed by atoms with E-state index in [0.29, 0.717) is 28.6 Å². The third-order valence-corrected chi connectivity index (χ3v) is 5.98. The van der Waals surface area contributed by atoms with Crippen molar-refractivity contribution >= 4 is 44.2 Å². The number of amides is 1. The van der Waals surface area contributed by atoms with Gasteiger partial charge in [-0.15, -0.1) is 0 Å². The van der Waals surface area contributed by atoms with Crippen LogP contribution in [0.4, 0.5) is 18.3 Å². The second kappa shape index (κ2) is 8.68. The van der Waals surface area contributed by atoms with Crippen LogP contribution in [0, 0.1) is 0 Å². The van der Waals surface area contributed by atoms with E-state index >= 15 is 0 Å². The Bertz CT molecular complexity index is 1210. The predicted octanol–water partition coefficient (Wildman–Crippen LogP) is 5.90. The fraction of sp³-hybridized carbons (Fsp3) is 0.190. The third-order valence-electron chi connectivity index (χ3n) is 4.63. The SMILES string of the molecule is O=C(c1cccc(C(F)(F)F)c1)N(CCCn1ccnc1)c1nc2c(Cl)cccc2s1. The molecular weight excluding hydrogens is 449 g/mol. The van der Waals surface area contributed by atoms with Crippen LogP contribution in [0.3, 0.4) is 0 Å². The minimum Gasteiger partial charge on any atom is -0.337 e. The molecule has 0 saturated heterocycles. The quantitative estimate of drug-likeness (QED) is 0.357. The Morgan fingerprint density at radius 2 is 2.00 bits per heavy atom. The first-order chi connectivity index (χ1) is 14.8. The number of rotatable bonds is 6. The van der Waals surface area contributed by atoms with E-state index in [-0.39, 0.29) is 12.1 Å². The molecule has 4 rings (SSSR count). The summed E-state index contributed by atoms with van der Waals surface area (Å²) in [5.74, 6) is -0.549. The first-order valence-electron chi connectivity index (χ1n) is 9.33. The normalized spacial score (nSPS) is 11.7. The zero-order chi connectivity index (χ0) is 22.0. The molecule has 0 aliphatic carbocycles. The summed E-state index contributed by atoms with van der Waals surface area (Å²) in [6.45, 7) is 0.864. The van der Waals surface area contributed by atoms with Gasteiger partial charge in [-0.3, -0.25) is 9.69 Å². The molecule has 0 fully saturated rings. The number of imidazole rings is 1. The minimum atomic E-state index is -4.54. The van der Waals surface area contributed by atoms with Crippen molar-refractivity contribution in [2.45, 2.75) is 19.1 Å². The maximum Gasteiger partial charge on any atom is 0.416 e. The number of hydrogen-bond donors (Lipinski definition) is 0. The summed E-state index contributed by atoms with van der Waals surface area (Å²) in [4.78, 5) is 23.1. The number of nitrogens with zero attached hydrogens (tertiary/aromatic N) is 4. The van der Waals surface area contributed by atoms with Crippen LogP contribution in [-0.2, 0) is 12.7 Å². The second-order valence-corrected chi connectivity index (χ2v) is 8.19. The van der Waals surface area contributed by atoms with Crippen LogP contribution in [-0.4, -0.2) is 27.0 Å². The molecule has 0 saturated carbocycles. The minimum absolute atomic E-state index is 0.0530. The molecule has 0 bridgehead atoms. The number of fused-ring (bicyclic) bond motifs is 1. The van der Waals surface area contributed by atoms with Gasteiger partial charge in [0, 0.05) is 31.0 Å². The molecular formula is C21H16ClF3N4OS. The number of aromatic nitrogens is 3. The number of benzene rings is 2. The molecule has 0 aliphatic heterocycles. The van der Waals surface area contributed by atoms with E-state index in [1.807, 2.05) is 10.6 Å². The Morgan fingerprint density at radius 3 is 2.71 bits per heavy atom. The molecule has 10 heteroatoms. The van der Waals surface area contributed by atoms with Crippen LogP contribution in [0.25, 0.3) is 10.2 Å².